The van der Waals surface area contributed by atoms with Crippen LogP contribution >= 0.6 is 0 Å². The van der Waals surface area contributed by atoms with Gasteiger partial charge in [0.2, 0.25) is 0 Å². The molecule has 0 aliphatic carbocycles. The number of methoxy groups -OCH3 is 1. The molecule has 0 fully saturated rings. The van der Waals surface area contributed by atoms with Crippen molar-refractivity contribution >= 4 is 11.7 Å². The molecule has 2 amide bonds. The molecule has 2 aromatic carbocycles. The minimum Gasteiger partial charge on any atom is -0.494 e. The average Bonchev–Trinajstić information content (AvgIpc) is 2.63. The van der Waals surface area contributed by atoms with Gasteiger partial charge in [-0.2, -0.15) is 8.78 Å². The van der Waals surface area contributed by atoms with Crippen LogP contribution in [0.5, 0.6) is 17.2 Å². The van der Waals surface area contributed by atoms with Crippen LogP contribution in [0, 0.1) is 0 Å². The van der Waals surface area contributed by atoms with Crippen LogP contribution in [0.3, 0.4) is 0 Å². The van der Waals surface area contributed by atoms with E-state index in [4.69, 9.17) is 9.47 Å². The molecule has 2 rings (SSSR count). The standard InChI is InChI=1S/C19H22F2N2O4/c1-4-26-15-8-5-13(6-9-15)12-23(2)19(24)22-14-7-10-16(25-3)17(11-14)27-18(20)21/h5-11,18H,4,12H2,1-3H3,(H,22,24). The van der Waals surface area contributed by atoms with E-state index >= 15 is 0 Å². The highest BCUT2D eigenvalue weighted by Gasteiger charge is 2.14. The predicted octanol–water partition coefficient (Wildman–Crippen LogP) is 4.36. The van der Waals surface area contributed by atoms with Gasteiger partial charge in [0.15, 0.2) is 11.5 Å². The van der Waals surface area contributed by atoms with Crippen molar-refractivity contribution < 1.29 is 27.8 Å². The third-order valence-corrected chi connectivity index (χ3v) is 3.63. The Morgan fingerprint density at radius 2 is 1.85 bits per heavy atom. The summed E-state index contributed by atoms with van der Waals surface area (Å²) in [6.45, 7) is -0.134. The smallest absolute Gasteiger partial charge is 0.387 e. The SMILES string of the molecule is CCOc1ccc(CN(C)C(=O)Nc2ccc(OC)c(OC(F)F)c2)cc1. The first-order chi connectivity index (χ1) is 12.9. The van der Waals surface area contributed by atoms with Crippen molar-refractivity contribution in [3.05, 3.63) is 48.0 Å². The van der Waals surface area contributed by atoms with Gasteiger partial charge < -0.3 is 24.4 Å². The summed E-state index contributed by atoms with van der Waals surface area (Å²) >= 11 is 0. The average molecular weight is 380 g/mol. The summed E-state index contributed by atoms with van der Waals surface area (Å²) < 4.78 is 39.8. The number of ether oxygens (including phenoxy) is 3. The number of carbonyl (C=O) groups is 1. The Morgan fingerprint density at radius 1 is 1.15 bits per heavy atom. The number of alkyl halides is 2. The van der Waals surface area contributed by atoms with Gasteiger partial charge in [-0.25, -0.2) is 4.79 Å². The molecule has 0 saturated heterocycles. The third-order valence-electron chi connectivity index (χ3n) is 3.63. The monoisotopic (exact) mass is 380 g/mol. The second kappa shape index (κ2) is 9.61. The molecule has 1 N–H and O–H groups in total. The fraction of sp³-hybridized carbons (Fsp3) is 0.316. The highest BCUT2D eigenvalue weighted by molar-refractivity contribution is 5.89. The van der Waals surface area contributed by atoms with Crippen LogP contribution in [0.15, 0.2) is 42.5 Å². The van der Waals surface area contributed by atoms with E-state index < -0.39 is 12.6 Å². The quantitative estimate of drug-likeness (QED) is 0.739. The van der Waals surface area contributed by atoms with Crippen molar-refractivity contribution in [2.75, 3.05) is 26.1 Å². The van der Waals surface area contributed by atoms with Gasteiger partial charge in [0, 0.05) is 25.3 Å². The summed E-state index contributed by atoms with van der Waals surface area (Å²) in [5.74, 6) is 0.758. The zero-order chi connectivity index (χ0) is 19.8. The summed E-state index contributed by atoms with van der Waals surface area (Å²) in [7, 11) is 2.97. The van der Waals surface area contributed by atoms with Crippen molar-refractivity contribution in [1.29, 1.82) is 0 Å². The van der Waals surface area contributed by atoms with Gasteiger partial charge in [-0.15, -0.1) is 0 Å². The van der Waals surface area contributed by atoms with Crippen LogP contribution < -0.4 is 19.5 Å². The number of amides is 2. The molecule has 0 aromatic heterocycles. The van der Waals surface area contributed by atoms with Crippen LogP contribution in [0.2, 0.25) is 0 Å². The molecule has 146 valence electrons. The van der Waals surface area contributed by atoms with Crippen molar-refractivity contribution in [3.63, 3.8) is 0 Å². The predicted molar refractivity (Wildman–Crippen MR) is 97.7 cm³/mol. The Bertz CT molecular complexity index is 754. The molecule has 0 unspecified atom stereocenters. The first-order valence-electron chi connectivity index (χ1n) is 8.29. The second-order valence-corrected chi connectivity index (χ2v) is 5.61. The largest absolute Gasteiger partial charge is 0.494 e. The van der Waals surface area contributed by atoms with Crippen LogP contribution in [-0.2, 0) is 6.54 Å². The van der Waals surface area contributed by atoms with E-state index in [0.717, 1.165) is 11.3 Å². The lowest BCUT2D eigenvalue weighted by Gasteiger charge is -2.19. The molecule has 0 heterocycles. The highest BCUT2D eigenvalue weighted by Crippen LogP contribution is 2.31. The van der Waals surface area contributed by atoms with Gasteiger partial charge >= 0.3 is 12.6 Å². The third kappa shape index (κ3) is 6.02. The van der Waals surface area contributed by atoms with Crippen molar-refractivity contribution in [2.24, 2.45) is 0 Å². The second-order valence-electron chi connectivity index (χ2n) is 5.61. The van der Waals surface area contributed by atoms with Gasteiger partial charge in [-0.1, -0.05) is 12.1 Å². The maximum Gasteiger partial charge on any atom is 0.387 e. The molecule has 0 aliphatic heterocycles. The zero-order valence-electron chi connectivity index (χ0n) is 15.4. The molecule has 0 spiro atoms. The normalized spacial score (nSPS) is 10.4. The fourth-order valence-corrected chi connectivity index (χ4v) is 2.36. The molecule has 27 heavy (non-hydrogen) atoms. The molecule has 0 aliphatic rings. The summed E-state index contributed by atoms with van der Waals surface area (Å²) in [5, 5.41) is 2.64. The van der Waals surface area contributed by atoms with Crippen LogP contribution in [-0.4, -0.2) is 38.3 Å². The number of hydrogen-bond acceptors (Lipinski definition) is 4. The van der Waals surface area contributed by atoms with E-state index in [1.165, 1.54) is 24.1 Å². The minimum atomic E-state index is -2.99. The van der Waals surface area contributed by atoms with Gasteiger partial charge in [0.25, 0.3) is 0 Å². The molecule has 2 aromatic rings. The lowest BCUT2D eigenvalue weighted by atomic mass is 10.2. The lowest BCUT2D eigenvalue weighted by Crippen LogP contribution is -2.30. The number of benzene rings is 2. The Balaban J connectivity index is 2.00. The molecule has 0 bridgehead atoms. The number of rotatable bonds is 8. The Kier molecular flexibility index (Phi) is 7.22. The number of carbonyl (C=O) groups excluding carboxylic acids is 1. The summed E-state index contributed by atoms with van der Waals surface area (Å²) in [5.41, 5.74) is 1.24. The number of hydrogen-bond donors (Lipinski definition) is 1. The number of nitrogens with zero attached hydrogens (tertiary/aromatic N) is 1. The van der Waals surface area contributed by atoms with Crippen LogP contribution in [0.1, 0.15) is 12.5 Å². The van der Waals surface area contributed by atoms with E-state index in [0.29, 0.717) is 18.8 Å². The Morgan fingerprint density at radius 3 is 2.44 bits per heavy atom. The summed E-state index contributed by atoms with van der Waals surface area (Å²) in [4.78, 5) is 13.8. The molecular formula is C19H22F2N2O4. The van der Waals surface area contributed by atoms with Gasteiger partial charge in [0.05, 0.1) is 13.7 Å². The topological polar surface area (TPSA) is 60.0 Å². The van der Waals surface area contributed by atoms with Crippen LogP contribution in [0.4, 0.5) is 19.3 Å². The first kappa shape index (κ1) is 20.3. The van der Waals surface area contributed by atoms with Gasteiger partial charge in [-0.05, 0) is 36.8 Å². The van der Waals surface area contributed by atoms with E-state index in [1.807, 2.05) is 31.2 Å². The minimum absolute atomic E-state index is 0.149. The maximum atomic E-state index is 12.5. The highest BCUT2D eigenvalue weighted by atomic mass is 19.3. The number of halogens is 2. The maximum absolute atomic E-state index is 12.5. The fourth-order valence-electron chi connectivity index (χ4n) is 2.36. The Hall–Kier alpha value is -3.03. The van der Waals surface area contributed by atoms with Crippen molar-refractivity contribution in [1.82, 2.24) is 4.90 Å². The van der Waals surface area contributed by atoms with E-state index in [9.17, 15) is 13.6 Å². The van der Waals surface area contributed by atoms with E-state index in [1.54, 1.807) is 13.1 Å². The molecule has 6 nitrogen and oxygen atoms in total. The number of urea groups is 1. The molecule has 0 radical (unpaired) electrons. The van der Waals surface area contributed by atoms with Gasteiger partial charge in [0.1, 0.15) is 5.75 Å². The number of anilines is 1. The van der Waals surface area contributed by atoms with Crippen molar-refractivity contribution in [3.8, 4) is 17.2 Å². The lowest BCUT2D eigenvalue weighted by molar-refractivity contribution is -0.0511. The summed E-state index contributed by atoms with van der Waals surface area (Å²) in [6, 6.07) is 11.3. The molecule has 0 atom stereocenters. The van der Waals surface area contributed by atoms with E-state index in [-0.39, 0.29) is 11.5 Å². The Labute approximate surface area is 156 Å². The summed E-state index contributed by atoms with van der Waals surface area (Å²) in [6.07, 6.45) is 0. The molecule has 8 heteroatoms. The van der Waals surface area contributed by atoms with Gasteiger partial charge in [-0.3, -0.25) is 0 Å². The van der Waals surface area contributed by atoms with E-state index in [2.05, 4.69) is 10.1 Å². The molecular weight excluding hydrogens is 358 g/mol. The van der Waals surface area contributed by atoms with Crippen LogP contribution in [0.25, 0.3) is 0 Å². The molecule has 0 saturated carbocycles. The number of nitrogens with one attached hydrogen (secondary N) is 1. The van der Waals surface area contributed by atoms with Crippen molar-refractivity contribution in [2.45, 2.75) is 20.1 Å². The zero-order valence-corrected chi connectivity index (χ0v) is 15.4. The first-order valence-corrected chi connectivity index (χ1v) is 8.29.